The van der Waals surface area contributed by atoms with Crippen molar-refractivity contribution >= 4 is 40.9 Å². The van der Waals surface area contributed by atoms with Crippen molar-refractivity contribution in [3.63, 3.8) is 0 Å². The molecule has 8 nitrogen and oxygen atoms in total. The van der Waals surface area contributed by atoms with Crippen LogP contribution in [0.2, 0.25) is 5.02 Å². The lowest BCUT2D eigenvalue weighted by Crippen LogP contribution is -2.29. The van der Waals surface area contributed by atoms with Crippen LogP contribution in [0.3, 0.4) is 0 Å². The molecule has 0 bridgehead atoms. The summed E-state index contributed by atoms with van der Waals surface area (Å²) in [4.78, 5) is 26.1. The number of hydrogen-bond donors (Lipinski definition) is 2. The van der Waals surface area contributed by atoms with Gasteiger partial charge in [0.05, 0.1) is 41.0 Å². The number of nitrogens with zero attached hydrogens (tertiary/aromatic N) is 1. The van der Waals surface area contributed by atoms with Crippen LogP contribution < -0.4 is 20.1 Å². The zero-order valence-electron chi connectivity index (χ0n) is 24.6. The predicted molar refractivity (Wildman–Crippen MR) is 173 cm³/mol. The summed E-state index contributed by atoms with van der Waals surface area (Å²) < 4.78 is 17.1. The second kappa shape index (κ2) is 15.2. The maximum Gasteiger partial charge on any atom is 0.337 e. The minimum Gasteiger partial charge on any atom is -0.493 e. The average molecular weight is 630 g/mol. The monoisotopic (exact) mass is 629 g/mol. The van der Waals surface area contributed by atoms with Crippen molar-refractivity contribution in [2.24, 2.45) is 0 Å². The lowest BCUT2D eigenvalue weighted by atomic mass is 9.82. The van der Waals surface area contributed by atoms with E-state index in [1.165, 1.54) is 13.2 Å². The SMILES string of the molecule is C=CCOC(=O)C1=C(C)NC(SCC(=O)Nc2ccc(C)c(Cl)c2)=C(C#N)[C@@H]1c1ccc(OCc2ccccc2)c(OC)c1. The van der Waals surface area contributed by atoms with Gasteiger partial charge in [0.25, 0.3) is 0 Å². The predicted octanol–water partition coefficient (Wildman–Crippen LogP) is 7.03. The number of carbonyl (C=O) groups is 2. The van der Waals surface area contributed by atoms with E-state index in [2.05, 4.69) is 23.3 Å². The molecule has 0 saturated carbocycles. The highest BCUT2D eigenvalue weighted by Gasteiger charge is 2.36. The second-order valence-corrected chi connectivity index (χ2v) is 11.2. The van der Waals surface area contributed by atoms with Crippen LogP contribution in [0.4, 0.5) is 5.69 Å². The number of halogens is 1. The van der Waals surface area contributed by atoms with E-state index in [1.54, 1.807) is 37.3 Å². The first-order chi connectivity index (χ1) is 21.2. The molecule has 1 aliphatic heterocycles. The van der Waals surface area contributed by atoms with Crippen LogP contribution in [-0.4, -0.2) is 31.3 Å². The number of amides is 1. The highest BCUT2D eigenvalue weighted by atomic mass is 35.5. The summed E-state index contributed by atoms with van der Waals surface area (Å²) in [6.07, 6.45) is 1.48. The van der Waals surface area contributed by atoms with Crippen LogP contribution >= 0.6 is 23.4 Å². The lowest BCUT2D eigenvalue weighted by molar-refractivity contribution is -0.138. The van der Waals surface area contributed by atoms with Crippen LogP contribution in [-0.2, 0) is 20.9 Å². The number of hydrogen-bond acceptors (Lipinski definition) is 8. The summed E-state index contributed by atoms with van der Waals surface area (Å²) in [5, 5.41) is 17.4. The number of nitriles is 1. The van der Waals surface area contributed by atoms with Crippen molar-refractivity contribution < 1.29 is 23.8 Å². The quantitative estimate of drug-likeness (QED) is 0.162. The van der Waals surface area contributed by atoms with E-state index in [-0.39, 0.29) is 29.4 Å². The maximum absolute atomic E-state index is 13.3. The number of dihydropyridines is 1. The minimum absolute atomic E-state index is 0.00480. The molecule has 44 heavy (non-hydrogen) atoms. The first-order valence-electron chi connectivity index (χ1n) is 13.7. The van der Waals surface area contributed by atoms with E-state index >= 15 is 0 Å². The summed E-state index contributed by atoms with van der Waals surface area (Å²) >= 11 is 7.36. The fraction of sp³-hybridized carbons (Fsp3) is 0.206. The smallest absolute Gasteiger partial charge is 0.337 e. The van der Waals surface area contributed by atoms with Gasteiger partial charge >= 0.3 is 5.97 Å². The van der Waals surface area contributed by atoms with Gasteiger partial charge in [-0.3, -0.25) is 4.79 Å². The third kappa shape index (κ3) is 7.84. The van der Waals surface area contributed by atoms with Gasteiger partial charge in [0, 0.05) is 16.4 Å². The minimum atomic E-state index is -0.794. The van der Waals surface area contributed by atoms with E-state index in [4.69, 9.17) is 25.8 Å². The number of aryl methyl sites for hydroxylation is 1. The Bertz CT molecular complexity index is 1660. The van der Waals surface area contributed by atoms with E-state index in [9.17, 15) is 14.9 Å². The first kappa shape index (κ1) is 32.3. The summed E-state index contributed by atoms with van der Waals surface area (Å²) in [6.45, 7) is 7.57. The van der Waals surface area contributed by atoms with E-state index < -0.39 is 11.9 Å². The van der Waals surface area contributed by atoms with Gasteiger partial charge in [-0.2, -0.15) is 5.26 Å². The summed E-state index contributed by atoms with van der Waals surface area (Å²) in [7, 11) is 1.53. The number of esters is 1. The number of methoxy groups -OCH3 is 1. The van der Waals surface area contributed by atoms with Crippen molar-refractivity contribution in [2.45, 2.75) is 26.4 Å². The lowest BCUT2D eigenvalue weighted by Gasteiger charge is -2.29. The molecule has 4 rings (SSSR count). The topological polar surface area (TPSA) is 110 Å². The van der Waals surface area contributed by atoms with Gasteiger partial charge in [-0.15, -0.1) is 0 Å². The molecular weight excluding hydrogens is 598 g/mol. The van der Waals surface area contributed by atoms with Gasteiger partial charge in [0.1, 0.15) is 13.2 Å². The first-order valence-corrected chi connectivity index (χ1v) is 15.1. The van der Waals surface area contributed by atoms with Crippen LogP contribution in [0.5, 0.6) is 11.5 Å². The standard InChI is InChI=1S/C34H32ClN3O5S/c1-5-15-42-34(40)31-22(3)37-33(44-20-30(39)38-25-13-11-21(2)27(35)17-25)26(18-36)32(31)24-12-14-28(29(16-24)41-4)43-19-23-9-7-6-8-10-23/h5-14,16-17,32,37H,1,15,19-20H2,2-4H3,(H,38,39)/t32-/m0/s1. The number of ether oxygens (including phenoxy) is 3. The molecule has 1 heterocycles. The average Bonchev–Trinajstić information content (AvgIpc) is 3.03. The van der Waals surface area contributed by atoms with Gasteiger partial charge in [-0.1, -0.05) is 78.5 Å². The Morgan fingerprint density at radius 2 is 1.89 bits per heavy atom. The fourth-order valence-electron chi connectivity index (χ4n) is 4.57. The Labute approximate surface area is 266 Å². The Morgan fingerprint density at radius 3 is 2.57 bits per heavy atom. The summed E-state index contributed by atoms with van der Waals surface area (Å²) in [6, 6.07) is 22.6. The molecule has 0 aromatic heterocycles. The van der Waals surface area contributed by atoms with Gasteiger partial charge in [0.15, 0.2) is 11.5 Å². The van der Waals surface area contributed by atoms with E-state index in [1.807, 2.05) is 43.3 Å². The number of benzene rings is 3. The Morgan fingerprint density at radius 1 is 1.11 bits per heavy atom. The van der Waals surface area contributed by atoms with Crippen molar-refractivity contribution in [1.82, 2.24) is 5.32 Å². The third-order valence-electron chi connectivity index (χ3n) is 6.76. The Hall–Kier alpha value is -4.65. The van der Waals surface area contributed by atoms with Gasteiger partial charge in [-0.05, 0) is 54.8 Å². The largest absolute Gasteiger partial charge is 0.493 e. The molecule has 3 aromatic rings. The molecule has 0 unspecified atom stereocenters. The number of thioether (sulfide) groups is 1. The third-order valence-corrected chi connectivity index (χ3v) is 8.19. The molecule has 226 valence electrons. The molecule has 1 amide bonds. The zero-order valence-corrected chi connectivity index (χ0v) is 26.2. The van der Waals surface area contributed by atoms with Crippen molar-refractivity contribution in [3.8, 4) is 17.6 Å². The van der Waals surface area contributed by atoms with Crippen LogP contribution in [0.25, 0.3) is 0 Å². The molecule has 0 radical (unpaired) electrons. The Balaban J connectivity index is 1.64. The molecule has 1 atom stereocenters. The molecule has 10 heteroatoms. The highest BCUT2D eigenvalue weighted by Crippen LogP contribution is 2.43. The van der Waals surface area contributed by atoms with E-state index in [0.29, 0.717) is 45.1 Å². The van der Waals surface area contributed by atoms with Crippen LogP contribution in [0.15, 0.2) is 101 Å². The molecule has 0 spiro atoms. The van der Waals surface area contributed by atoms with E-state index in [0.717, 1.165) is 22.9 Å². The molecule has 0 aliphatic carbocycles. The number of anilines is 1. The summed E-state index contributed by atoms with van der Waals surface area (Å²) in [5.41, 5.74) is 4.11. The molecule has 1 aliphatic rings. The van der Waals surface area contributed by atoms with Crippen LogP contribution in [0, 0.1) is 18.3 Å². The fourth-order valence-corrected chi connectivity index (χ4v) is 5.64. The van der Waals surface area contributed by atoms with Crippen molar-refractivity contribution in [1.29, 1.82) is 5.26 Å². The molecule has 2 N–H and O–H groups in total. The van der Waals surface area contributed by atoms with Crippen molar-refractivity contribution in [2.75, 3.05) is 24.8 Å². The highest BCUT2D eigenvalue weighted by molar-refractivity contribution is 8.03. The number of rotatable bonds is 12. The second-order valence-electron chi connectivity index (χ2n) is 9.82. The van der Waals surface area contributed by atoms with Gasteiger partial charge in [0.2, 0.25) is 5.91 Å². The normalized spacial score (nSPS) is 14.3. The molecule has 0 fully saturated rings. The molecule has 3 aromatic carbocycles. The maximum atomic E-state index is 13.3. The van der Waals surface area contributed by atoms with Crippen molar-refractivity contribution in [3.05, 3.63) is 123 Å². The summed E-state index contributed by atoms with van der Waals surface area (Å²) in [5.74, 6) is -0.708. The zero-order chi connectivity index (χ0) is 31.6. The molecule has 0 saturated heterocycles. The van der Waals surface area contributed by atoms with Crippen LogP contribution in [0.1, 0.15) is 29.5 Å². The number of carbonyl (C=O) groups excluding carboxylic acids is 2. The molecular formula is C34H32ClN3O5S. The van der Waals surface area contributed by atoms with Gasteiger partial charge < -0.3 is 24.8 Å². The Kier molecular flexibility index (Phi) is 11.1. The number of allylic oxidation sites excluding steroid dienone is 2. The van der Waals surface area contributed by atoms with Gasteiger partial charge in [-0.25, -0.2) is 4.79 Å². The number of nitrogens with one attached hydrogen (secondary N) is 2.